The highest BCUT2D eigenvalue weighted by molar-refractivity contribution is 9.10. The first-order chi connectivity index (χ1) is 9.49. The Morgan fingerprint density at radius 1 is 1.30 bits per heavy atom. The SMILES string of the molecule is O=C(Nc1ncccc1C(=O)O)c1ccc(Br)c(Cl)c1. The van der Waals surface area contributed by atoms with Crippen molar-refractivity contribution in [1.29, 1.82) is 0 Å². The van der Waals surface area contributed by atoms with E-state index in [0.717, 1.165) is 0 Å². The number of carbonyl (C=O) groups is 2. The molecule has 5 nitrogen and oxygen atoms in total. The number of nitrogens with zero attached hydrogens (tertiary/aromatic N) is 1. The number of nitrogens with one attached hydrogen (secondary N) is 1. The number of amides is 1. The van der Waals surface area contributed by atoms with E-state index in [1.54, 1.807) is 12.1 Å². The number of carboxylic acids is 1. The number of hydrogen-bond donors (Lipinski definition) is 2. The smallest absolute Gasteiger partial charge is 0.339 e. The zero-order valence-corrected chi connectivity index (χ0v) is 12.3. The van der Waals surface area contributed by atoms with E-state index in [1.807, 2.05) is 0 Å². The van der Waals surface area contributed by atoms with Gasteiger partial charge in [-0.1, -0.05) is 11.6 Å². The van der Waals surface area contributed by atoms with Crippen LogP contribution >= 0.6 is 27.5 Å². The third kappa shape index (κ3) is 3.15. The Morgan fingerprint density at radius 2 is 2.05 bits per heavy atom. The molecule has 0 unspecified atom stereocenters. The van der Waals surface area contributed by atoms with Gasteiger partial charge in [0.25, 0.3) is 5.91 Å². The molecule has 20 heavy (non-hydrogen) atoms. The molecule has 0 aliphatic carbocycles. The molecule has 0 atom stereocenters. The van der Waals surface area contributed by atoms with Crippen LogP contribution in [0.4, 0.5) is 5.82 Å². The van der Waals surface area contributed by atoms with E-state index in [2.05, 4.69) is 26.2 Å². The average molecular weight is 356 g/mol. The Bertz CT molecular complexity index is 691. The Labute approximate surface area is 127 Å². The molecule has 1 aromatic heterocycles. The number of aromatic carboxylic acids is 1. The first-order valence-electron chi connectivity index (χ1n) is 5.44. The van der Waals surface area contributed by atoms with Crippen molar-refractivity contribution in [2.45, 2.75) is 0 Å². The zero-order valence-electron chi connectivity index (χ0n) is 9.93. The molecule has 0 radical (unpaired) electrons. The fourth-order valence-corrected chi connectivity index (χ4v) is 1.92. The largest absolute Gasteiger partial charge is 0.478 e. The fourth-order valence-electron chi connectivity index (χ4n) is 1.49. The molecule has 0 fully saturated rings. The van der Waals surface area contributed by atoms with Crippen molar-refractivity contribution in [3.8, 4) is 0 Å². The van der Waals surface area contributed by atoms with E-state index < -0.39 is 11.9 Å². The summed E-state index contributed by atoms with van der Waals surface area (Å²) in [5.74, 6) is -1.66. The number of pyridine rings is 1. The van der Waals surface area contributed by atoms with Crippen molar-refractivity contribution in [3.05, 3.63) is 57.2 Å². The molecule has 0 spiro atoms. The Hall–Kier alpha value is -1.92. The van der Waals surface area contributed by atoms with E-state index >= 15 is 0 Å². The molecule has 1 aromatic carbocycles. The average Bonchev–Trinajstić information content (AvgIpc) is 2.42. The van der Waals surface area contributed by atoms with Crippen LogP contribution in [-0.4, -0.2) is 22.0 Å². The summed E-state index contributed by atoms with van der Waals surface area (Å²) in [5, 5.41) is 11.8. The Kier molecular flexibility index (Phi) is 4.36. The van der Waals surface area contributed by atoms with Gasteiger partial charge in [0, 0.05) is 16.2 Å². The van der Waals surface area contributed by atoms with Crippen molar-refractivity contribution >= 4 is 45.2 Å². The van der Waals surface area contributed by atoms with E-state index in [1.165, 1.54) is 24.4 Å². The summed E-state index contributed by atoms with van der Waals surface area (Å²) in [4.78, 5) is 26.9. The second kappa shape index (κ2) is 6.02. The maximum absolute atomic E-state index is 12.0. The van der Waals surface area contributed by atoms with Gasteiger partial charge >= 0.3 is 5.97 Å². The van der Waals surface area contributed by atoms with Crippen molar-refractivity contribution in [1.82, 2.24) is 4.98 Å². The summed E-state index contributed by atoms with van der Waals surface area (Å²) in [6, 6.07) is 7.52. The fraction of sp³-hybridized carbons (Fsp3) is 0. The number of carboxylic acid groups (broad SMARTS) is 1. The summed E-state index contributed by atoms with van der Waals surface area (Å²) in [6.07, 6.45) is 1.40. The first kappa shape index (κ1) is 14.5. The highest BCUT2D eigenvalue weighted by Crippen LogP contribution is 2.23. The monoisotopic (exact) mass is 354 g/mol. The molecule has 2 aromatic rings. The molecular formula is C13H8BrClN2O3. The van der Waals surface area contributed by atoms with Gasteiger partial charge in [-0.05, 0) is 46.3 Å². The van der Waals surface area contributed by atoms with Gasteiger partial charge in [-0.15, -0.1) is 0 Å². The number of rotatable bonds is 3. The standard InChI is InChI=1S/C13H8BrClN2O3/c14-9-4-3-7(6-10(9)15)12(18)17-11-8(13(19)20)2-1-5-16-11/h1-6H,(H,19,20)(H,16,17,18). The molecular weight excluding hydrogens is 348 g/mol. The van der Waals surface area contributed by atoms with Crippen LogP contribution in [0.25, 0.3) is 0 Å². The lowest BCUT2D eigenvalue weighted by Gasteiger charge is -2.07. The number of anilines is 1. The molecule has 7 heteroatoms. The summed E-state index contributed by atoms with van der Waals surface area (Å²) in [6.45, 7) is 0. The van der Waals surface area contributed by atoms with E-state index in [4.69, 9.17) is 16.7 Å². The molecule has 102 valence electrons. The van der Waals surface area contributed by atoms with Crippen molar-refractivity contribution in [2.75, 3.05) is 5.32 Å². The topological polar surface area (TPSA) is 79.3 Å². The van der Waals surface area contributed by atoms with E-state index in [9.17, 15) is 9.59 Å². The number of halogens is 2. The third-order valence-corrected chi connectivity index (χ3v) is 3.68. The minimum Gasteiger partial charge on any atom is -0.478 e. The Morgan fingerprint density at radius 3 is 2.70 bits per heavy atom. The summed E-state index contributed by atoms with van der Waals surface area (Å²) >= 11 is 9.13. The number of carbonyl (C=O) groups excluding carboxylic acids is 1. The maximum Gasteiger partial charge on any atom is 0.339 e. The van der Waals surface area contributed by atoms with Crippen LogP contribution in [-0.2, 0) is 0 Å². The van der Waals surface area contributed by atoms with E-state index in [-0.39, 0.29) is 11.4 Å². The first-order valence-corrected chi connectivity index (χ1v) is 6.61. The van der Waals surface area contributed by atoms with Gasteiger partial charge in [0.15, 0.2) is 0 Å². The van der Waals surface area contributed by atoms with Gasteiger partial charge in [-0.25, -0.2) is 9.78 Å². The second-order valence-corrected chi connectivity index (χ2v) is 5.05. The predicted octanol–water partition coefficient (Wildman–Crippen LogP) is 3.45. The van der Waals surface area contributed by atoms with E-state index in [0.29, 0.717) is 15.1 Å². The van der Waals surface area contributed by atoms with Gasteiger partial charge < -0.3 is 10.4 Å². The number of aromatic nitrogens is 1. The summed E-state index contributed by atoms with van der Waals surface area (Å²) in [5.41, 5.74) is 0.226. The molecule has 0 saturated carbocycles. The highest BCUT2D eigenvalue weighted by atomic mass is 79.9. The molecule has 0 bridgehead atoms. The molecule has 0 saturated heterocycles. The molecule has 2 N–H and O–H groups in total. The van der Waals surface area contributed by atoms with Crippen molar-refractivity contribution < 1.29 is 14.7 Å². The summed E-state index contributed by atoms with van der Waals surface area (Å²) < 4.78 is 0.666. The normalized spacial score (nSPS) is 10.1. The van der Waals surface area contributed by atoms with Crippen LogP contribution in [0, 0.1) is 0 Å². The number of benzene rings is 1. The van der Waals surface area contributed by atoms with Gasteiger partial charge in [-0.2, -0.15) is 0 Å². The Balaban J connectivity index is 2.28. The van der Waals surface area contributed by atoms with Crippen molar-refractivity contribution in [3.63, 3.8) is 0 Å². The second-order valence-electron chi connectivity index (χ2n) is 3.79. The van der Waals surface area contributed by atoms with Crippen LogP contribution in [0.15, 0.2) is 41.0 Å². The van der Waals surface area contributed by atoms with Crippen LogP contribution in [0.5, 0.6) is 0 Å². The number of hydrogen-bond acceptors (Lipinski definition) is 3. The lowest BCUT2D eigenvalue weighted by Crippen LogP contribution is -2.16. The third-order valence-electron chi connectivity index (χ3n) is 2.45. The van der Waals surface area contributed by atoms with Crippen LogP contribution in [0.3, 0.4) is 0 Å². The molecule has 0 aliphatic heterocycles. The predicted molar refractivity (Wildman–Crippen MR) is 78.3 cm³/mol. The lowest BCUT2D eigenvalue weighted by molar-refractivity contribution is 0.0697. The molecule has 0 aliphatic rings. The zero-order chi connectivity index (χ0) is 14.7. The lowest BCUT2D eigenvalue weighted by atomic mass is 10.2. The van der Waals surface area contributed by atoms with Gasteiger partial charge in [0.05, 0.1) is 5.02 Å². The van der Waals surface area contributed by atoms with Crippen LogP contribution < -0.4 is 5.32 Å². The minimum atomic E-state index is -1.16. The highest BCUT2D eigenvalue weighted by Gasteiger charge is 2.14. The summed E-state index contributed by atoms with van der Waals surface area (Å²) in [7, 11) is 0. The van der Waals surface area contributed by atoms with Gasteiger partial charge in [-0.3, -0.25) is 4.79 Å². The minimum absolute atomic E-state index is 0.0101. The molecule has 2 rings (SSSR count). The quantitative estimate of drug-likeness (QED) is 0.884. The van der Waals surface area contributed by atoms with Crippen LogP contribution in [0.1, 0.15) is 20.7 Å². The molecule has 1 amide bonds. The van der Waals surface area contributed by atoms with Crippen LogP contribution in [0.2, 0.25) is 5.02 Å². The molecule has 1 heterocycles. The maximum atomic E-state index is 12.0. The van der Waals surface area contributed by atoms with Gasteiger partial charge in [0.2, 0.25) is 0 Å². The van der Waals surface area contributed by atoms with Gasteiger partial charge in [0.1, 0.15) is 11.4 Å². The van der Waals surface area contributed by atoms with Crippen molar-refractivity contribution in [2.24, 2.45) is 0 Å².